The number of aromatic hydroxyl groups is 1. The van der Waals surface area contributed by atoms with Crippen LogP contribution < -0.4 is 10.1 Å². The first kappa shape index (κ1) is 17.8. The zero-order valence-electron chi connectivity index (χ0n) is 13.8. The fourth-order valence-corrected chi connectivity index (χ4v) is 2.71. The molecule has 26 heavy (non-hydrogen) atoms. The number of ether oxygens (including phenoxy) is 1. The Bertz CT molecular complexity index is 952. The Morgan fingerprint density at radius 1 is 1.27 bits per heavy atom. The summed E-state index contributed by atoms with van der Waals surface area (Å²) in [4.78, 5) is 16.4. The molecule has 1 aromatic heterocycles. The molecular formula is C19H15BrN2O4. The number of phenols is 1. The van der Waals surface area contributed by atoms with Crippen LogP contribution >= 0.6 is 15.9 Å². The third kappa shape index (κ3) is 4.12. The van der Waals surface area contributed by atoms with E-state index in [1.807, 2.05) is 0 Å². The van der Waals surface area contributed by atoms with E-state index in [9.17, 15) is 9.90 Å². The number of phenolic OH excluding ortho intramolecular Hbond substituents is 1. The van der Waals surface area contributed by atoms with E-state index < -0.39 is 0 Å². The number of carbonyl (C=O) groups excluding carboxylic acids is 1. The monoisotopic (exact) mass is 414 g/mol. The molecule has 1 heterocycles. The molecule has 0 saturated heterocycles. The fourth-order valence-electron chi connectivity index (χ4n) is 2.26. The third-order valence-corrected chi connectivity index (χ3v) is 3.95. The normalized spacial score (nSPS) is 10.8. The molecule has 0 aliphatic rings. The first-order chi connectivity index (χ1) is 12.6. The topological polar surface area (TPSA) is 84.1 Å². The van der Waals surface area contributed by atoms with Crippen molar-refractivity contribution in [3.8, 4) is 11.5 Å². The molecule has 0 atom stereocenters. The van der Waals surface area contributed by atoms with Gasteiger partial charge in [-0.1, -0.05) is 22.0 Å². The lowest BCUT2D eigenvalue weighted by Crippen LogP contribution is -2.10. The summed E-state index contributed by atoms with van der Waals surface area (Å²) in [5, 5.41) is 12.9. The lowest BCUT2D eigenvalue weighted by molar-refractivity contribution is 0.0996. The average Bonchev–Trinajstić information content (AvgIpc) is 3.17. The second kappa shape index (κ2) is 7.88. The Morgan fingerprint density at radius 2 is 2.12 bits per heavy atom. The highest BCUT2D eigenvalue weighted by atomic mass is 79.9. The molecular weight excluding hydrogens is 400 g/mol. The van der Waals surface area contributed by atoms with Crippen LogP contribution in [0.5, 0.6) is 11.5 Å². The van der Waals surface area contributed by atoms with E-state index in [1.54, 1.807) is 48.5 Å². The van der Waals surface area contributed by atoms with Crippen molar-refractivity contribution in [3.63, 3.8) is 0 Å². The highest BCUT2D eigenvalue weighted by molar-refractivity contribution is 9.10. The number of anilines is 1. The van der Waals surface area contributed by atoms with Crippen molar-refractivity contribution < 1.29 is 19.1 Å². The lowest BCUT2D eigenvalue weighted by atomic mass is 10.2. The molecule has 1 amide bonds. The molecule has 0 aliphatic carbocycles. The van der Waals surface area contributed by atoms with Crippen molar-refractivity contribution in [2.45, 2.75) is 0 Å². The minimum absolute atomic E-state index is 0.00160. The number of aliphatic imine (C=N–C) groups is 1. The van der Waals surface area contributed by atoms with Gasteiger partial charge in [-0.25, -0.2) is 0 Å². The highest BCUT2D eigenvalue weighted by Gasteiger charge is 2.10. The number of furan rings is 1. The van der Waals surface area contributed by atoms with Gasteiger partial charge in [0.15, 0.2) is 17.3 Å². The van der Waals surface area contributed by atoms with Crippen LogP contribution in [0.1, 0.15) is 16.1 Å². The van der Waals surface area contributed by atoms with Gasteiger partial charge in [0.05, 0.1) is 19.1 Å². The van der Waals surface area contributed by atoms with Crippen LogP contribution in [0, 0.1) is 0 Å². The Hall–Kier alpha value is -3.06. The Kier molecular flexibility index (Phi) is 5.38. The molecule has 6 nitrogen and oxygen atoms in total. The molecule has 0 radical (unpaired) electrons. The van der Waals surface area contributed by atoms with E-state index in [0.29, 0.717) is 22.7 Å². The minimum Gasteiger partial charge on any atom is -0.504 e. The molecule has 0 bridgehead atoms. The van der Waals surface area contributed by atoms with Crippen molar-refractivity contribution in [2.24, 2.45) is 4.99 Å². The van der Waals surface area contributed by atoms with Gasteiger partial charge < -0.3 is 19.6 Å². The van der Waals surface area contributed by atoms with Gasteiger partial charge in [0.1, 0.15) is 0 Å². The molecule has 0 fully saturated rings. The van der Waals surface area contributed by atoms with Crippen molar-refractivity contribution in [2.75, 3.05) is 12.4 Å². The molecule has 0 aliphatic heterocycles. The first-order valence-electron chi connectivity index (χ1n) is 7.62. The zero-order chi connectivity index (χ0) is 18.5. The number of rotatable bonds is 5. The molecule has 0 spiro atoms. The summed E-state index contributed by atoms with van der Waals surface area (Å²) in [6, 6.07) is 13.6. The SMILES string of the molecule is COc1cc(Br)cc(C=Nc2cccc(NC(=O)c3ccco3)c2)c1O. The summed E-state index contributed by atoms with van der Waals surface area (Å²) < 4.78 is 10.9. The van der Waals surface area contributed by atoms with Gasteiger partial charge in [0.2, 0.25) is 0 Å². The second-order valence-corrected chi connectivity index (χ2v) is 6.20. The van der Waals surface area contributed by atoms with Gasteiger partial charge >= 0.3 is 0 Å². The number of amides is 1. The molecule has 3 aromatic rings. The van der Waals surface area contributed by atoms with Crippen LogP contribution in [0.4, 0.5) is 11.4 Å². The third-order valence-electron chi connectivity index (χ3n) is 3.49. The molecule has 2 N–H and O–H groups in total. The van der Waals surface area contributed by atoms with Crippen LogP contribution in [-0.4, -0.2) is 24.3 Å². The molecule has 132 valence electrons. The summed E-state index contributed by atoms with van der Waals surface area (Å²) in [7, 11) is 1.48. The Morgan fingerprint density at radius 3 is 2.85 bits per heavy atom. The number of carbonyl (C=O) groups is 1. The van der Waals surface area contributed by atoms with E-state index in [-0.39, 0.29) is 17.4 Å². The van der Waals surface area contributed by atoms with Crippen LogP contribution in [0.3, 0.4) is 0 Å². The lowest BCUT2D eigenvalue weighted by Gasteiger charge is -2.07. The smallest absolute Gasteiger partial charge is 0.291 e. The maximum absolute atomic E-state index is 12.0. The van der Waals surface area contributed by atoms with Gasteiger partial charge in [-0.3, -0.25) is 9.79 Å². The average molecular weight is 415 g/mol. The summed E-state index contributed by atoms with van der Waals surface area (Å²) in [6.45, 7) is 0. The van der Waals surface area contributed by atoms with Gasteiger partial charge in [-0.05, 0) is 42.5 Å². The van der Waals surface area contributed by atoms with Crippen LogP contribution in [0.2, 0.25) is 0 Å². The number of methoxy groups -OCH3 is 1. The summed E-state index contributed by atoms with van der Waals surface area (Å²) in [5.41, 5.74) is 1.69. The Labute approximate surface area is 158 Å². The summed E-state index contributed by atoms with van der Waals surface area (Å²) >= 11 is 3.36. The van der Waals surface area contributed by atoms with Crippen LogP contribution in [-0.2, 0) is 0 Å². The number of hydrogen-bond acceptors (Lipinski definition) is 5. The fraction of sp³-hybridized carbons (Fsp3) is 0.0526. The van der Waals surface area contributed by atoms with E-state index >= 15 is 0 Å². The van der Waals surface area contributed by atoms with Crippen LogP contribution in [0.25, 0.3) is 0 Å². The highest BCUT2D eigenvalue weighted by Crippen LogP contribution is 2.33. The predicted octanol–water partition coefficient (Wildman–Crippen LogP) is 4.76. The number of hydrogen-bond donors (Lipinski definition) is 2. The largest absolute Gasteiger partial charge is 0.504 e. The first-order valence-corrected chi connectivity index (χ1v) is 8.41. The van der Waals surface area contributed by atoms with Gasteiger partial charge in [-0.15, -0.1) is 0 Å². The maximum atomic E-state index is 12.0. The molecule has 7 heteroatoms. The standard InChI is InChI=1S/C19H15BrN2O4/c1-25-17-9-13(20)8-12(18(17)23)11-21-14-4-2-5-15(10-14)22-19(24)16-6-3-7-26-16/h2-11,23H,1H3,(H,22,24). The van der Waals surface area contributed by atoms with Gasteiger partial charge in [-0.2, -0.15) is 0 Å². The predicted molar refractivity (Wildman–Crippen MR) is 103 cm³/mol. The van der Waals surface area contributed by atoms with Crippen molar-refractivity contribution in [3.05, 3.63) is 70.6 Å². The van der Waals surface area contributed by atoms with Crippen molar-refractivity contribution >= 4 is 39.4 Å². The molecule has 0 saturated carbocycles. The van der Waals surface area contributed by atoms with Crippen molar-refractivity contribution in [1.29, 1.82) is 0 Å². The van der Waals surface area contributed by atoms with Crippen molar-refractivity contribution in [1.82, 2.24) is 0 Å². The van der Waals surface area contributed by atoms with E-state index in [2.05, 4.69) is 26.2 Å². The second-order valence-electron chi connectivity index (χ2n) is 5.29. The number of benzene rings is 2. The number of halogens is 1. The number of nitrogens with zero attached hydrogens (tertiary/aromatic N) is 1. The van der Waals surface area contributed by atoms with Crippen LogP contribution in [0.15, 0.2) is 68.7 Å². The van der Waals surface area contributed by atoms with E-state index in [1.165, 1.54) is 19.6 Å². The van der Waals surface area contributed by atoms with E-state index in [4.69, 9.17) is 9.15 Å². The maximum Gasteiger partial charge on any atom is 0.291 e. The van der Waals surface area contributed by atoms with Gasteiger partial charge in [0, 0.05) is 21.9 Å². The quantitative estimate of drug-likeness (QED) is 0.589. The summed E-state index contributed by atoms with van der Waals surface area (Å²) in [6.07, 6.45) is 2.96. The summed E-state index contributed by atoms with van der Waals surface area (Å²) in [5.74, 6) is 0.234. The zero-order valence-corrected chi connectivity index (χ0v) is 15.4. The Balaban J connectivity index is 1.80. The minimum atomic E-state index is -0.342. The van der Waals surface area contributed by atoms with Gasteiger partial charge in [0.25, 0.3) is 5.91 Å². The molecule has 3 rings (SSSR count). The molecule has 0 unspecified atom stereocenters. The van der Waals surface area contributed by atoms with E-state index in [0.717, 1.165) is 4.47 Å². The molecule has 2 aromatic carbocycles. The number of nitrogens with one attached hydrogen (secondary N) is 1.